The van der Waals surface area contributed by atoms with Gasteiger partial charge in [0, 0.05) is 25.8 Å². The van der Waals surface area contributed by atoms with Crippen LogP contribution >= 0.6 is 0 Å². The first kappa shape index (κ1) is 15.5. The van der Waals surface area contributed by atoms with E-state index in [1.54, 1.807) is 12.0 Å². The average Bonchev–Trinajstić information content (AvgIpc) is 2.77. The number of hydrogen-bond acceptors (Lipinski definition) is 3. The third kappa shape index (κ3) is 3.82. The summed E-state index contributed by atoms with van der Waals surface area (Å²) >= 11 is 0. The molecule has 5 nitrogen and oxygen atoms in total. The van der Waals surface area contributed by atoms with Crippen molar-refractivity contribution >= 4 is 17.5 Å². The summed E-state index contributed by atoms with van der Waals surface area (Å²) in [4.78, 5) is 25.9. The van der Waals surface area contributed by atoms with Crippen molar-refractivity contribution in [3.63, 3.8) is 0 Å². The third-order valence-electron chi connectivity index (χ3n) is 3.59. The van der Waals surface area contributed by atoms with Gasteiger partial charge in [-0.25, -0.2) is 0 Å². The molecule has 1 heterocycles. The van der Waals surface area contributed by atoms with E-state index in [0.717, 1.165) is 16.8 Å². The minimum atomic E-state index is -0.421. The van der Waals surface area contributed by atoms with Crippen molar-refractivity contribution in [3.05, 3.63) is 29.3 Å². The number of amides is 2. The highest BCUT2D eigenvalue weighted by molar-refractivity contribution is 6.01. The van der Waals surface area contributed by atoms with Gasteiger partial charge in [0.05, 0.1) is 6.61 Å². The predicted octanol–water partition coefficient (Wildman–Crippen LogP) is 1.56. The summed E-state index contributed by atoms with van der Waals surface area (Å²) < 4.78 is 4.86. The Labute approximate surface area is 125 Å². The van der Waals surface area contributed by atoms with Crippen LogP contribution in [0.4, 0.5) is 5.69 Å². The first-order chi connectivity index (χ1) is 10.0. The van der Waals surface area contributed by atoms with E-state index in [2.05, 4.69) is 11.4 Å². The summed E-state index contributed by atoms with van der Waals surface area (Å²) in [7, 11) is 1.55. The van der Waals surface area contributed by atoms with E-state index >= 15 is 0 Å². The van der Waals surface area contributed by atoms with Crippen LogP contribution < -0.4 is 10.2 Å². The number of ether oxygens (including phenoxy) is 1. The van der Waals surface area contributed by atoms with Crippen LogP contribution in [0.5, 0.6) is 0 Å². The topological polar surface area (TPSA) is 58.6 Å². The van der Waals surface area contributed by atoms with Crippen molar-refractivity contribution in [1.82, 2.24) is 5.32 Å². The number of carbonyl (C=O) groups excluding carboxylic acids is 2. The van der Waals surface area contributed by atoms with E-state index in [1.165, 1.54) is 0 Å². The summed E-state index contributed by atoms with van der Waals surface area (Å²) in [5, 5.41) is 2.78. The number of benzene rings is 1. The minimum absolute atomic E-state index is 0.0363. The van der Waals surface area contributed by atoms with Gasteiger partial charge in [0.1, 0.15) is 6.04 Å². The van der Waals surface area contributed by atoms with Crippen LogP contribution in [0.3, 0.4) is 0 Å². The van der Waals surface area contributed by atoms with Crippen molar-refractivity contribution in [3.8, 4) is 0 Å². The lowest BCUT2D eigenvalue weighted by atomic mass is 10.1. The van der Waals surface area contributed by atoms with Gasteiger partial charge in [-0.05, 0) is 43.5 Å². The number of nitrogens with one attached hydrogen (secondary N) is 1. The molecule has 1 aliphatic heterocycles. The number of carbonyl (C=O) groups is 2. The van der Waals surface area contributed by atoms with Gasteiger partial charge in [-0.15, -0.1) is 0 Å². The fraction of sp³-hybridized carbons (Fsp3) is 0.500. The van der Waals surface area contributed by atoms with Gasteiger partial charge in [-0.3, -0.25) is 9.59 Å². The van der Waals surface area contributed by atoms with Crippen molar-refractivity contribution in [1.29, 1.82) is 0 Å². The first-order valence-electron chi connectivity index (χ1n) is 7.19. The van der Waals surface area contributed by atoms with Crippen LogP contribution in [0, 0.1) is 13.8 Å². The maximum Gasteiger partial charge on any atom is 0.249 e. The second-order valence-corrected chi connectivity index (χ2v) is 5.49. The SMILES string of the molecule is COCCC(=O)NC1CCN(c2cc(C)cc(C)c2)C1=O. The second kappa shape index (κ2) is 6.72. The molecule has 0 saturated carbocycles. The van der Waals surface area contributed by atoms with Crippen LogP contribution in [-0.2, 0) is 14.3 Å². The predicted molar refractivity (Wildman–Crippen MR) is 81.3 cm³/mol. The molecule has 0 aromatic heterocycles. The number of anilines is 1. The summed E-state index contributed by atoms with van der Waals surface area (Å²) in [5.74, 6) is -0.178. The normalized spacial score (nSPS) is 18.1. The standard InChI is InChI=1S/C16H22N2O3/c1-11-8-12(2)10-13(9-11)18-6-4-14(16(18)20)17-15(19)5-7-21-3/h8-10,14H,4-7H2,1-3H3,(H,17,19). The number of methoxy groups -OCH3 is 1. The monoisotopic (exact) mass is 290 g/mol. The van der Waals surface area contributed by atoms with E-state index in [1.807, 2.05) is 26.0 Å². The van der Waals surface area contributed by atoms with Crippen LogP contribution in [0.15, 0.2) is 18.2 Å². The second-order valence-electron chi connectivity index (χ2n) is 5.49. The van der Waals surface area contributed by atoms with E-state index in [9.17, 15) is 9.59 Å². The Balaban J connectivity index is 2.02. The zero-order valence-corrected chi connectivity index (χ0v) is 12.8. The highest BCUT2D eigenvalue weighted by atomic mass is 16.5. The molecule has 0 aliphatic carbocycles. The molecule has 0 radical (unpaired) electrons. The molecule has 1 fully saturated rings. The summed E-state index contributed by atoms with van der Waals surface area (Å²) in [6.07, 6.45) is 0.925. The Kier molecular flexibility index (Phi) is 4.96. The van der Waals surface area contributed by atoms with Crippen LogP contribution in [0.2, 0.25) is 0 Å². The van der Waals surface area contributed by atoms with E-state index in [0.29, 0.717) is 19.6 Å². The van der Waals surface area contributed by atoms with Crippen molar-refractivity contribution in [2.45, 2.75) is 32.7 Å². The highest BCUT2D eigenvalue weighted by Crippen LogP contribution is 2.24. The first-order valence-corrected chi connectivity index (χ1v) is 7.19. The van der Waals surface area contributed by atoms with Crippen LogP contribution in [-0.4, -0.2) is 38.1 Å². The fourth-order valence-corrected chi connectivity index (χ4v) is 2.64. The molecule has 5 heteroatoms. The molecule has 1 saturated heterocycles. The molecular formula is C16H22N2O3. The molecule has 1 unspecified atom stereocenters. The molecule has 1 aliphatic rings. The molecular weight excluding hydrogens is 268 g/mol. The molecule has 1 N–H and O–H groups in total. The van der Waals surface area contributed by atoms with Crippen LogP contribution in [0.25, 0.3) is 0 Å². The average molecular weight is 290 g/mol. The lowest BCUT2D eigenvalue weighted by Gasteiger charge is -2.18. The zero-order valence-electron chi connectivity index (χ0n) is 12.8. The number of aryl methyl sites for hydroxylation is 2. The zero-order chi connectivity index (χ0) is 15.4. The van der Waals surface area contributed by atoms with Crippen molar-refractivity contribution < 1.29 is 14.3 Å². The summed E-state index contributed by atoms with van der Waals surface area (Å²) in [5.41, 5.74) is 3.17. The fourth-order valence-electron chi connectivity index (χ4n) is 2.64. The largest absolute Gasteiger partial charge is 0.384 e. The Morgan fingerprint density at radius 2 is 2.00 bits per heavy atom. The molecule has 0 spiro atoms. The van der Waals surface area contributed by atoms with Crippen molar-refractivity contribution in [2.75, 3.05) is 25.2 Å². The Morgan fingerprint density at radius 1 is 1.33 bits per heavy atom. The van der Waals surface area contributed by atoms with E-state index < -0.39 is 6.04 Å². The van der Waals surface area contributed by atoms with E-state index in [4.69, 9.17) is 4.74 Å². The maximum atomic E-state index is 12.4. The lowest BCUT2D eigenvalue weighted by Crippen LogP contribution is -2.41. The summed E-state index contributed by atoms with van der Waals surface area (Å²) in [6.45, 7) is 5.03. The minimum Gasteiger partial charge on any atom is -0.384 e. The smallest absolute Gasteiger partial charge is 0.249 e. The maximum absolute atomic E-state index is 12.4. The molecule has 21 heavy (non-hydrogen) atoms. The van der Waals surface area contributed by atoms with Crippen LogP contribution in [0.1, 0.15) is 24.0 Å². The molecule has 0 bridgehead atoms. The Bertz CT molecular complexity index is 522. The van der Waals surface area contributed by atoms with E-state index in [-0.39, 0.29) is 18.2 Å². The number of hydrogen-bond donors (Lipinski definition) is 1. The highest BCUT2D eigenvalue weighted by Gasteiger charge is 2.33. The summed E-state index contributed by atoms with van der Waals surface area (Å²) in [6, 6.07) is 5.66. The number of rotatable bonds is 5. The van der Waals surface area contributed by atoms with Gasteiger partial charge >= 0.3 is 0 Å². The molecule has 1 atom stereocenters. The molecule has 1 aromatic rings. The number of nitrogens with zero attached hydrogens (tertiary/aromatic N) is 1. The van der Waals surface area contributed by atoms with Gasteiger partial charge in [0.2, 0.25) is 11.8 Å². The van der Waals surface area contributed by atoms with Gasteiger partial charge in [0.15, 0.2) is 0 Å². The molecule has 2 rings (SSSR count). The lowest BCUT2D eigenvalue weighted by molar-refractivity contribution is -0.127. The van der Waals surface area contributed by atoms with Crippen molar-refractivity contribution in [2.24, 2.45) is 0 Å². The Morgan fingerprint density at radius 3 is 2.62 bits per heavy atom. The third-order valence-corrected chi connectivity index (χ3v) is 3.59. The Hall–Kier alpha value is -1.88. The van der Waals surface area contributed by atoms with Gasteiger partial charge < -0.3 is 15.0 Å². The molecule has 2 amide bonds. The molecule has 114 valence electrons. The van der Waals surface area contributed by atoms with Gasteiger partial charge in [-0.1, -0.05) is 6.07 Å². The van der Waals surface area contributed by atoms with Gasteiger partial charge in [-0.2, -0.15) is 0 Å². The van der Waals surface area contributed by atoms with Gasteiger partial charge in [0.25, 0.3) is 0 Å². The quantitative estimate of drug-likeness (QED) is 0.895. The molecule has 1 aromatic carbocycles.